The number of amides is 2. The van der Waals surface area contributed by atoms with Gasteiger partial charge in [0.05, 0.1) is 41.6 Å². The lowest BCUT2D eigenvalue weighted by molar-refractivity contribution is -0.136. The zero-order chi connectivity index (χ0) is 31.3. The van der Waals surface area contributed by atoms with Crippen LogP contribution in [0.1, 0.15) is 42.4 Å². The van der Waals surface area contributed by atoms with Crippen LogP contribution in [-0.2, 0) is 9.53 Å². The fourth-order valence-electron chi connectivity index (χ4n) is 4.75. The number of hydrogen-bond acceptors (Lipinski definition) is 8. The Morgan fingerprint density at radius 2 is 1.88 bits per heavy atom. The quantitative estimate of drug-likeness (QED) is 0.102. The predicted molar refractivity (Wildman–Crippen MR) is 164 cm³/mol. The normalized spacial score (nSPS) is 15.6. The Kier molecular flexibility index (Phi) is 10.2. The van der Waals surface area contributed by atoms with E-state index < -0.39 is 24.3 Å². The van der Waals surface area contributed by atoms with Crippen molar-refractivity contribution in [3.05, 3.63) is 86.3 Å². The second-order valence-electron chi connectivity index (χ2n) is 9.68. The van der Waals surface area contributed by atoms with Crippen LogP contribution in [0.25, 0.3) is 5.69 Å². The summed E-state index contributed by atoms with van der Waals surface area (Å²) in [5.74, 6) is 0.167. The second-order valence-corrected chi connectivity index (χ2v) is 10.5. The number of nitrogens with zero attached hydrogens (tertiary/aromatic N) is 2. The number of allylic oxidation sites excluding steroid dienone is 1. The van der Waals surface area contributed by atoms with E-state index in [4.69, 9.17) is 37.4 Å². The van der Waals surface area contributed by atoms with Gasteiger partial charge in [-0.2, -0.15) is 5.10 Å². The number of esters is 1. The molecule has 2 aromatic carbocycles. The Labute approximate surface area is 259 Å². The van der Waals surface area contributed by atoms with E-state index in [0.29, 0.717) is 39.4 Å². The van der Waals surface area contributed by atoms with E-state index >= 15 is 0 Å². The van der Waals surface area contributed by atoms with Crippen LogP contribution in [0.15, 0.2) is 58.8 Å². The van der Waals surface area contributed by atoms with Crippen LogP contribution in [-0.4, -0.2) is 54.4 Å². The lowest BCUT2D eigenvalue weighted by Gasteiger charge is -2.28. The van der Waals surface area contributed by atoms with E-state index in [9.17, 15) is 14.7 Å². The number of carbonyl (C=O) groups excluding carboxylic acids is 2. The van der Waals surface area contributed by atoms with Crippen LogP contribution >= 0.6 is 23.2 Å². The molecule has 2 amide bonds. The monoisotopic (exact) mass is 629 g/mol. The molecule has 11 nitrogen and oxygen atoms in total. The minimum Gasteiger partial charge on any atom is -0.490 e. The van der Waals surface area contributed by atoms with E-state index in [1.165, 1.54) is 7.11 Å². The molecule has 0 saturated carbocycles. The first kappa shape index (κ1) is 31.7. The summed E-state index contributed by atoms with van der Waals surface area (Å²) >= 11 is 12.3. The number of hydrogen-bond donors (Lipinski definition) is 4. The number of rotatable bonds is 11. The van der Waals surface area contributed by atoms with Crippen molar-refractivity contribution in [1.29, 1.82) is 0 Å². The van der Waals surface area contributed by atoms with E-state index in [-0.39, 0.29) is 12.2 Å². The summed E-state index contributed by atoms with van der Waals surface area (Å²) in [6.07, 6.45) is 0.478. The summed E-state index contributed by atoms with van der Waals surface area (Å²) in [6, 6.07) is 11.2. The van der Waals surface area contributed by atoms with Crippen LogP contribution in [0.5, 0.6) is 11.5 Å². The van der Waals surface area contributed by atoms with Crippen molar-refractivity contribution in [2.45, 2.75) is 40.0 Å². The Hall–Kier alpha value is -4.19. The molecule has 4 N–H and O–H groups in total. The molecule has 0 fully saturated rings. The first-order valence-corrected chi connectivity index (χ1v) is 14.2. The largest absolute Gasteiger partial charge is 0.490 e. The van der Waals surface area contributed by atoms with Gasteiger partial charge in [0, 0.05) is 28.3 Å². The number of aliphatic hydroxyl groups excluding tert-OH is 1. The maximum atomic E-state index is 12.4. The van der Waals surface area contributed by atoms with Crippen LogP contribution in [0.2, 0.25) is 10.0 Å². The van der Waals surface area contributed by atoms with Gasteiger partial charge >= 0.3 is 12.0 Å². The molecule has 0 aliphatic carbocycles. The third-order valence-electron chi connectivity index (χ3n) is 6.73. The highest BCUT2D eigenvalue weighted by Crippen LogP contribution is 2.35. The molecule has 13 heteroatoms. The van der Waals surface area contributed by atoms with E-state index in [1.54, 1.807) is 43.5 Å². The molecule has 228 valence electrons. The Bertz CT molecular complexity index is 1590. The van der Waals surface area contributed by atoms with Crippen LogP contribution < -0.4 is 25.5 Å². The molecule has 1 aliphatic heterocycles. The molecular formula is C30H33Cl2N5O6. The topological polar surface area (TPSA) is 135 Å². The standard InChI is InChI=1S/C30H33Cl2N5O6/c1-6-42-25-12-19(28-27(29(39)41-5)17(3)34-30(40)35-28)7-10-24(25)43-15-26(38)36-33-14-20-11-16(2)37(18(20)4)21-8-9-22(31)23(32)13-21/h7-14,26,28,36,38H,6,15H2,1-5H3,(H2,34,35,40)/b33-14+/t26-,28-/m0/s1. The van der Waals surface area contributed by atoms with Crippen molar-refractivity contribution in [3.63, 3.8) is 0 Å². The summed E-state index contributed by atoms with van der Waals surface area (Å²) in [7, 11) is 1.28. The van der Waals surface area contributed by atoms with Gasteiger partial charge < -0.3 is 34.5 Å². The molecule has 0 bridgehead atoms. The number of aromatic nitrogens is 1. The third kappa shape index (κ3) is 7.24. The van der Waals surface area contributed by atoms with Crippen molar-refractivity contribution in [2.24, 2.45) is 5.10 Å². The molecular weight excluding hydrogens is 597 g/mol. The number of aryl methyl sites for hydroxylation is 1. The Morgan fingerprint density at radius 3 is 2.58 bits per heavy atom. The second kappa shape index (κ2) is 13.9. The van der Waals surface area contributed by atoms with Crippen LogP contribution in [0.4, 0.5) is 4.79 Å². The maximum Gasteiger partial charge on any atom is 0.337 e. The number of carbonyl (C=O) groups is 2. The molecule has 1 aromatic heterocycles. The highest BCUT2D eigenvalue weighted by atomic mass is 35.5. The highest BCUT2D eigenvalue weighted by molar-refractivity contribution is 6.42. The molecule has 1 aliphatic rings. The third-order valence-corrected chi connectivity index (χ3v) is 7.47. The minimum absolute atomic E-state index is 0.143. The van der Waals surface area contributed by atoms with Gasteiger partial charge in [0.1, 0.15) is 6.61 Å². The smallest absolute Gasteiger partial charge is 0.337 e. The summed E-state index contributed by atoms with van der Waals surface area (Å²) in [4.78, 5) is 24.6. The van der Waals surface area contributed by atoms with Gasteiger partial charge in [0.25, 0.3) is 0 Å². The minimum atomic E-state index is -1.14. The molecule has 0 radical (unpaired) electrons. The number of aliphatic hydroxyl groups is 1. The summed E-state index contributed by atoms with van der Waals surface area (Å²) in [6.45, 7) is 7.56. The number of hydrazone groups is 1. The number of benzene rings is 2. The Morgan fingerprint density at radius 1 is 1.12 bits per heavy atom. The molecule has 2 heterocycles. The SMILES string of the molecule is CCOc1cc([C@@H]2NC(=O)NC(C)=C2C(=O)OC)ccc1OC[C@H](O)N/N=C/c1cc(C)n(-c2ccc(Cl)c(Cl)c2)c1C. The maximum absolute atomic E-state index is 12.4. The number of methoxy groups -OCH3 is 1. The highest BCUT2D eigenvalue weighted by Gasteiger charge is 2.32. The van der Waals surface area contributed by atoms with Gasteiger partial charge in [-0.05, 0) is 69.7 Å². The van der Waals surface area contributed by atoms with Crippen molar-refractivity contribution < 1.29 is 28.9 Å². The predicted octanol–water partition coefficient (Wildman–Crippen LogP) is 4.92. The summed E-state index contributed by atoms with van der Waals surface area (Å²) in [5, 5.41) is 20.9. The van der Waals surface area contributed by atoms with Crippen molar-refractivity contribution in [2.75, 3.05) is 20.3 Å². The van der Waals surface area contributed by atoms with Gasteiger partial charge in [-0.1, -0.05) is 29.3 Å². The van der Waals surface area contributed by atoms with Crippen LogP contribution in [0.3, 0.4) is 0 Å². The number of nitrogens with one attached hydrogen (secondary N) is 3. The number of ether oxygens (including phenoxy) is 3. The van der Waals surface area contributed by atoms with Crippen molar-refractivity contribution in [1.82, 2.24) is 20.6 Å². The molecule has 3 aromatic rings. The average Bonchev–Trinajstić information content (AvgIpc) is 3.25. The lowest BCUT2D eigenvalue weighted by Crippen LogP contribution is -2.45. The zero-order valence-corrected chi connectivity index (χ0v) is 25.8. The van der Waals surface area contributed by atoms with Crippen molar-refractivity contribution in [3.8, 4) is 17.2 Å². The van der Waals surface area contributed by atoms with Gasteiger partial charge in [-0.15, -0.1) is 0 Å². The first-order valence-electron chi connectivity index (χ1n) is 13.4. The van der Waals surface area contributed by atoms with E-state index in [1.807, 2.05) is 37.5 Å². The molecule has 43 heavy (non-hydrogen) atoms. The van der Waals surface area contributed by atoms with E-state index in [0.717, 1.165) is 22.6 Å². The molecule has 4 rings (SSSR count). The van der Waals surface area contributed by atoms with Gasteiger partial charge in [0.15, 0.2) is 17.7 Å². The zero-order valence-electron chi connectivity index (χ0n) is 24.3. The van der Waals surface area contributed by atoms with Gasteiger partial charge in [-0.3, -0.25) is 5.43 Å². The number of halogens is 2. The molecule has 2 atom stereocenters. The average molecular weight is 631 g/mol. The first-order chi connectivity index (χ1) is 20.5. The molecule has 0 spiro atoms. The Balaban J connectivity index is 1.43. The van der Waals surface area contributed by atoms with Gasteiger partial charge in [-0.25, -0.2) is 9.59 Å². The lowest BCUT2D eigenvalue weighted by atomic mass is 9.95. The molecule has 0 unspecified atom stereocenters. The van der Waals surface area contributed by atoms with Gasteiger partial charge in [0.2, 0.25) is 0 Å². The number of urea groups is 1. The summed E-state index contributed by atoms with van der Waals surface area (Å²) < 4.78 is 18.5. The van der Waals surface area contributed by atoms with Crippen molar-refractivity contribution >= 4 is 41.4 Å². The fraction of sp³-hybridized carbons (Fsp3) is 0.300. The summed E-state index contributed by atoms with van der Waals surface area (Å²) in [5.41, 5.74) is 7.54. The van der Waals surface area contributed by atoms with E-state index in [2.05, 4.69) is 21.2 Å². The van der Waals surface area contributed by atoms with Crippen LogP contribution in [0, 0.1) is 13.8 Å². The molecule has 0 saturated heterocycles. The fourth-order valence-corrected chi connectivity index (χ4v) is 5.05.